The fourth-order valence-corrected chi connectivity index (χ4v) is 3.54. The Balaban J connectivity index is 1.76. The van der Waals surface area contributed by atoms with Crippen molar-refractivity contribution in [2.45, 2.75) is 11.4 Å². The van der Waals surface area contributed by atoms with Crippen LogP contribution in [0.1, 0.15) is 5.56 Å². The molecular weight excluding hydrogens is 328 g/mol. The fraction of sp³-hybridized carbons (Fsp3) is 0.294. The predicted octanol–water partition coefficient (Wildman–Crippen LogP) is 2.00. The van der Waals surface area contributed by atoms with Crippen LogP contribution in [0.15, 0.2) is 47.4 Å². The number of ether oxygens (including phenoxy) is 2. The van der Waals surface area contributed by atoms with Crippen LogP contribution in [0, 0.1) is 0 Å². The van der Waals surface area contributed by atoms with Crippen LogP contribution in [0.2, 0.25) is 0 Å². The van der Waals surface area contributed by atoms with Crippen molar-refractivity contribution in [3.8, 4) is 11.5 Å². The van der Waals surface area contributed by atoms with Gasteiger partial charge in [0.1, 0.15) is 18.1 Å². The number of rotatable bonds is 5. The van der Waals surface area contributed by atoms with Crippen LogP contribution in [0.3, 0.4) is 0 Å². The van der Waals surface area contributed by atoms with Crippen LogP contribution in [-0.4, -0.2) is 35.7 Å². The summed E-state index contributed by atoms with van der Waals surface area (Å²) < 4.78 is 38.3. The van der Waals surface area contributed by atoms with Gasteiger partial charge in [-0.25, -0.2) is 13.1 Å². The number of methoxy groups -OCH3 is 1. The van der Waals surface area contributed by atoms with Gasteiger partial charge in [0.2, 0.25) is 10.0 Å². The van der Waals surface area contributed by atoms with Gasteiger partial charge in [-0.05, 0) is 35.9 Å². The molecule has 0 saturated heterocycles. The van der Waals surface area contributed by atoms with E-state index < -0.39 is 10.0 Å². The lowest BCUT2D eigenvalue weighted by atomic mass is 10.2. The Morgan fingerprint density at radius 1 is 1.21 bits per heavy atom. The zero-order valence-electron chi connectivity index (χ0n) is 13.7. The monoisotopic (exact) mass is 348 g/mol. The van der Waals surface area contributed by atoms with Crippen LogP contribution < -0.4 is 19.1 Å². The third-order valence-electron chi connectivity index (χ3n) is 3.96. The quantitative estimate of drug-likeness (QED) is 0.895. The highest BCUT2D eigenvalue weighted by Crippen LogP contribution is 2.32. The summed E-state index contributed by atoms with van der Waals surface area (Å²) in [7, 11) is -0.0836. The summed E-state index contributed by atoms with van der Waals surface area (Å²) >= 11 is 0. The maximum Gasteiger partial charge on any atom is 0.240 e. The van der Waals surface area contributed by atoms with E-state index in [9.17, 15) is 8.42 Å². The second-order valence-corrected chi connectivity index (χ2v) is 7.34. The molecule has 1 aliphatic heterocycles. The topological polar surface area (TPSA) is 67.9 Å². The SMILES string of the molecule is COc1ccc(CNS(=O)(=O)c2ccc3c(c2)N(C)CCO3)cc1. The van der Waals surface area contributed by atoms with E-state index in [0.717, 1.165) is 23.5 Å². The second-order valence-electron chi connectivity index (χ2n) is 5.57. The maximum atomic E-state index is 12.5. The lowest BCUT2D eigenvalue weighted by Gasteiger charge is -2.28. The van der Waals surface area contributed by atoms with Crippen molar-refractivity contribution < 1.29 is 17.9 Å². The van der Waals surface area contributed by atoms with Gasteiger partial charge in [-0.2, -0.15) is 0 Å². The third kappa shape index (κ3) is 3.47. The van der Waals surface area contributed by atoms with Crippen molar-refractivity contribution in [1.29, 1.82) is 0 Å². The van der Waals surface area contributed by atoms with Crippen molar-refractivity contribution in [3.05, 3.63) is 48.0 Å². The molecule has 0 amide bonds. The van der Waals surface area contributed by atoms with Crippen LogP contribution in [0.25, 0.3) is 0 Å². The number of likely N-dealkylation sites (N-methyl/N-ethyl adjacent to an activating group) is 1. The van der Waals surface area contributed by atoms with E-state index in [1.807, 2.05) is 24.1 Å². The number of nitrogens with one attached hydrogen (secondary N) is 1. The van der Waals surface area contributed by atoms with Crippen LogP contribution in [0.5, 0.6) is 11.5 Å². The highest BCUT2D eigenvalue weighted by Gasteiger charge is 2.20. The minimum absolute atomic E-state index is 0.218. The van der Waals surface area contributed by atoms with Gasteiger partial charge in [0.05, 0.1) is 24.2 Å². The summed E-state index contributed by atoms with van der Waals surface area (Å²) in [6.07, 6.45) is 0. The Labute approximate surface area is 142 Å². The summed E-state index contributed by atoms with van der Waals surface area (Å²) in [4.78, 5) is 2.22. The van der Waals surface area contributed by atoms with Crippen molar-refractivity contribution in [2.24, 2.45) is 0 Å². The lowest BCUT2D eigenvalue weighted by Crippen LogP contribution is -2.29. The molecule has 0 bridgehead atoms. The first kappa shape index (κ1) is 16.6. The molecule has 24 heavy (non-hydrogen) atoms. The maximum absolute atomic E-state index is 12.5. The van der Waals surface area contributed by atoms with Gasteiger partial charge < -0.3 is 14.4 Å². The molecule has 0 radical (unpaired) electrons. The number of fused-ring (bicyclic) bond motifs is 1. The Bertz CT molecular complexity index is 819. The Morgan fingerprint density at radius 2 is 1.96 bits per heavy atom. The predicted molar refractivity (Wildman–Crippen MR) is 92.2 cm³/mol. The number of benzene rings is 2. The molecule has 3 rings (SSSR count). The summed E-state index contributed by atoms with van der Waals surface area (Å²) in [5.41, 5.74) is 1.64. The van der Waals surface area contributed by atoms with Crippen molar-refractivity contribution >= 4 is 15.7 Å². The standard InChI is InChI=1S/C17H20N2O4S/c1-19-9-10-23-17-8-7-15(11-16(17)19)24(20,21)18-12-13-3-5-14(22-2)6-4-13/h3-8,11,18H,9-10,12H2,1-2H3. The van der Waals surface area contributed by atoms with Gasteiger partial charge in [0, 0.05) is 13.6 Å². The summed E-state index contributed by atoms with van der Waals surface area (Å²) in [6.45, 7) is 1.55. The average molecular weight is 348 g/mol. The van der Waals surface area contributed by atoms with Gasteiger partial charge in [0.15, 0.2) is 0 Å². The van der Waals surface area contributed by atoms with Crippen molar-refractivity contribution in [1.82, 2.24) is 4.72 Å². The molecule has 0 atom stereocenters. The molecule has 7 heteroatoms. The summed E-state index contributed by atoms with van der Waals surface area (Å²) in [6, 6.07) is 12.2. The largest absolute Gasteiger partial charge is 0.497 e. The molecule has 0 aliphatic carbocycles. The number of anilines is 1. The molecule has 2 aromatic carbocycles. The summed E-state index contributed by atoms with van der Waals surface area (Å²) in [5, 5.41) is 0. The molecule has 0 saturated carbocycles. The molecule has 0 fully saturated rings. The molecular formula is C17H20N2O4S. The number of hydrogen-bond acceptors (Lipinski definition) is 5. The minimum atomic E-state index is -3.59. The smallest absolute Gasteiger partial charge is 0.240 e. The van der Waals surface area contributed by atoms with E-state index >= 15 is 0 Å². The molecule has 1 aliphatic rings. The average Bonchev–Trinajstić information content (AvgIpc) is 2.60. The Hall–Kier alpha value is -2.25. The normalized spacial score (nSPS) is 14.0. The van der Waals surface area contributed by atoms with Crippen LogP contribution in [-0.2, 0) is 16.6 Å². The van der Waals surface area contributed by atoms with E-state index in [2.05, 4.69) is 4.72 Å². The summed E-state index contributed by atoms with van der Waals surface area (Å²) in [5.74, 6) is 1.44. The lowest BCUT2D eigenvalue weighted by molar-refractivity contribution is 0.311. The minimum Gasteiger partial charge on any atom is -0.497 e. The molecule has 6 nitrogen and oxygen atoms in total. The van der Waals surface area contributed by atoms with Gasteiger partial charge >= 0.3 is 0 Å². The second kappa shape index (κ2) is 6.70. The zero-order chi connectivity index (χ0) is 17.2. The van der Waals surface area contributed by atoms with Crippen LogP contribution >= 0.6 is 0 Å². The van der Waals surface area contributed by atoms with Gasteiger partial charge in [-0.1, -0.05) is 12.1 Å². The zero-order valence-corrected chi connectivity index (χ0v) is 14.5. The first-order valence-electron chi connectivity index (χ1n) is 7.60. The molecule has 1 heterocycles. The number of nitrogens with zero attached hydrogens (tertiary/aromatic N) is 1. The molecule has 0 aromatic heterocycles. The fourth-order valence-electron chi connectivity index (χ4n) is 2.50. The third-order valence-corrected chi connectivity index (χ3v) is 5.36. The first-order valence-corrected chi connectivity index (χ1v) is 9.08. The Kier molecular flexibility index (Phi) is 4.64. The number of hydrogen-bond donors (Lipinski definition) is 1. The molecule has 0 spiro atoms. The van der Waals surface area contributed by atoms with Crippen LogP contribution in [0.4, 0.5) is 5.69 Å². The highest BCUT2D eigenvalue weighted by atomic mass is 32.2. The molecule has 0 unspecified atom stereocenters. The molecule has 128 valence electrons. The molecule has 1 N–H and O–H groups in total. The first-order chi connectivity index (χ1) is 11.5. The van der Waals surface area contributed by atoms with Crippen molar-refractivity contribution in [2.75, 3.05) is 32.2 Å². The van der Waals surface area contributed by atoms with Gasteiger partial charge in [-0.3, -0.25) is 0 Å². The number of sulfonamides is 1. The van der Waals surface area contributed by atoms with E-state index in [1.54, 1.807) is 37.4 Å². The van der Waals surface area contributed by atoms with Crippen molar-refractivity contribution in [3.63, 3.8) is 0 Å². The molecule has 2 aromatic rings. The van der Waals surface area contributed by atoms with E-state index in [0.29, 0.717) is 12.4 Å². The van der Waals surface area contributed by atoms with E-state index in [-0.39, 0.29) is 11.4 Å². The van der Waals surface area contributed by atoms with Gasteiger partial charge in [-0.15, -0.1) is 0 Å². The van der Waals surface area contributed by atoms with Gasteiger partial charge in [0.25, 0.3) is 0 Å². The van der Waals surface area contributed by atoms with E-state index in [4.69, 9.17) is 9.47 Å². The Morgan fingerprint density at radius 3 is 2.67 bits per heavy atom. The highest BCUT2D eigenvalue weighted by molar-refractivity contribution is 7.89. The van der Waals surface area contributed by atoms with E-state index in [1.165, 1.54) is 0 Å².